The highest BCUT2D eigenvalue weighted by atomic mass is 16.2. The van der Waals surface area contributed by atoms with Gasteiger partial charge >= 0.3 is 0 Å². The van der Waals surface area contributed by atoms with Crippen LogP contribution in [0.1, 0.15) is 6.92 Å². The van der Waals surface area contributed by atoms with Crippen molar-refractivity contribution in [1.82, 2.24) is 4.90 Å². The topological polar surface area (TPSA) is 46.3 Å². The summed E-state index contributed by atoms with van der Waals surface area (Å²) in [5.41, 5.74) is 5.08. The standard InChI is InChI=1S/C4H10N2O/c1-4(7)6(2)3-5/h3,5H2,1-2H3. The SMILES string of the molecule is CC(=O)N(C)CN. The summed E-state index contributed by atoms with van der Waals surface area (Å²) in [5.74, 6) is 0.00231. The molecular formula is C4H10N2O. The second kappa shape index (κ2) is 2.58. The maximum Gasteiger partial charge on any atom is 0.220 e. The minimum Gasteiger partial charge on any atom is -0.333 e. The summed E-state index contributed by atoms with van der Waals surface area (Å²) in [6, 6.07) is 0. The Hall–Kier alpha value is -0.570. The molecule has 42 valence electrons. The average Bonchev–Trinajstić information content (AvgIpc) is 1.65. The molecule has 0 unspecified atom stereocenters. The van der Waals surface area contributed by atoms with E-state index in [1.807, 2.05) is 0 Å². The number of carbonyl (C=O) groups excluding carboxylic acids is 1. The number of hydrogen-bond acceptors (Lipinski definition) is 2. The van der Waals surface area contributed by atoms with E-state index in [0.717, 1.165) is 0 Å². The summed E-state index contributed by atoms with van der Waals surface area (Å²) in [7, 11) is 1.66. The summed E-state index contributed by atoms with van der Waals surface area (Å²) < 4.78 is 0. The molecule has 0 aliphatic heterocycles. The number of hydrogen-bond donors (Lipinski definition) is 1. The van der Waals surface area contributed by atoms with Crippen molar-refractivity contribution in [3.8, 4) is 0 Å². The van der Waals surface area contributed by atoms with Crippen LogP contribution in [0.5, 0.6) is 0 Å². The van der Waals surface area contributed by atoms with Crippen molar-refractivity contribution in [2.24, 2.45) is 5.73 Å². The molecule has 0 bridgehead atoms. The lowest BCUT2D eigenvalue weighted by Crippen LogP contribution is -2.29. The summed E-state index contributed by atoms with van der Waals surface area (Å²) >= 11 is 0. The maximum absolute atomic E-state index is 10.2. The molecule has 0 aromatic heterocycles. The van der Waals surface area contributed by atoms with Crippen molar-refractivity contribution >= 4 is 5.91 Å². The molecule has 0 spiro atoms. The molecule has 0 saturated heterocycles. The predicted octanol–water partition coefficient (Wildman–Crippen LogP) is -0.619. The largest absolute Gasteiger partial charge is 0.333 e. The minimum absolute atomic E-state index is 0.00231. The predicted molar refractivity (Wildman–Crippen MR) is 27.5 cm³/mol. The highest BCUT2D eigenvalue weighted by molar-refractivity contribution is 5.72. The third-order valence-corrected chi connectivity index (χ3v) is 0.811. The molecule has 0 radical (unpaired) electrons. The molecule has 0 heterocycles. The quantitative estimate of drug-likeness (QED) is 0.448. The van der Waals surface area contributed by atoms with E-state index in [9.17, 15) is 4.79 Å². The molecule has 0 aliphatic carbocycles. The van der Waals surface area contributed by atoms with Crippen LogP contribution in [-0.4, -0.2) is 24.5 Å². The van der Waals surface area contributed by atoms with Crippen LogP contribution in [-0.2, 0) is 4.79 Å². The lowest BCUT2D eigenvalue weighted by molar-refractivity contribution is -0.127. The molecule has 1 amide bonds. The van der Waals surface area contributed by atoms with Crippen LogP contribution >= 0.6 is 0 Å². The number of rotatable bonds is 1. The van der Waals surface area contributed by atoms with E-state index in [-0.39, 0.29) is 5.91 Å². The van der Waals surface area contributed by atoms with E-state index >= 15 is 0 Å². The van der Waals surface area contributed by atoms with Crippen molar-refractivity contribution in [3.63, 3.8) is 0 Å². The van der Waals surface area contributed by atoms with Crippen LogP contribution < -0.4 is 5.73 Å². The van der Waals surface area contributed by atoms with Gasteiger partial charge < -0.3 is 10.6 Å². The van der Waals surface area contributed by atoms with E-state index in [2.05, 4.69) is 0 Å². The monoisotopic (exact) mass is 102 g/mol. The fraction of sp³-hybridized carbons (Fsp3) is 0.750. The van der Waals surface area contributed by atoms with Crippen LogP contribution in [0.25, 0.3) is 0 Å². The van der Waals surface area contributed by atoms with Gasteiger partial charge in [-0.15, -0.1) is 0 Å². The van der Waals surface area contributed by atoms with Crippen LogP contribution in [0, 0.1) is 0 Å². The third-order valence-electron chi connectivity index (χ3n) is 0.811. The molecule has 0 aromatic rings. The molecule has 0 rings (SSSR count). The van der Waals surface area contributed by atoms with Crippen molar-refractivity contribution in [3.05, 3.63) is 0 Å². The Morgan fingerprint density at radius 3 is 2.29 bits per heavy atom. The fourth-order valence-corrected chi connectivity index (χ4v) is 0.129. The first-order chi connectivity index (χ1) is 3.18. The Bertz CT molecular complexity index is 72.1. The van der Waals surface area contributed by atoms with Crippen molar-refractivity contribution < 1.29 is 4.79 Å². The van der Waals surface area contributed by atoms with Gasteiger partial charge in [-0.1, -0.05) is 0 Å². The van der Waals surface area contributed by atoms with Crippen LogP contribution in [0.4, 0.5) is 0 Å². The van der Waals surface area contributed by atoms with E-state index in [0.29, 0.717) is 6.67 Å². The summed E-state index contributed by atoms with van der Waals surface area (Å²) in [5, 5.41) is 0. The Morgan fingerprint density at radius 1 is 1.86 bits per heavy atom. The van der Waals surface area contributed by atoms with Gasteiger partial charge in [0.05, 0.1) is 6.67 Å². The fourth-order valence-electron chi connectivity index (χ4n) is 0.129. The molecule has 0 aromatic carbocycles. The van der Waals surface area contributed by atoms with E-state index in [4.69, 9.17) is 5.73 Å². The highest BCUT2D eigenvalue weighted by Crippen LogP contribution is 1.73. The molecule has 0 fully saturated rings. The second-order valence-electron chi connectivity index (χ2n) is 1.40. The zero-order valence-corrected chi connectivity index (χ0v) is 4.64. The van der Waals surface area contributed by atoms with Gasteiger partial charge in [0.2, 0.25) is 5.91 Å². The molecule has 0 saturated carbocycles. The lowest BCUT2D eigenvalue weighted by atomic mass is 10.6. The summed E-state index contributed by atoms with van der Waals surface area (Å²) in [6.07, 6.45) is 0. The zero-order valence-electron chi connectivity index (χ0n) is 4.64. The third kappa shape index (κ3) is 2.17. The normalized spacial score (nSPS) is 8.43. The number of amides is 1. The smallest absolute Gasteiger partial charge is 0.220 e. The van der Waals surface area contributed by atoms with Gasteiger partial charge in [0.1, 0.15) is 0 Å². The molecule has 7 heavy (non-hydrogen) atoms. The Balaban J connectivity index is 3.34. The van der Waals surface area contributed by atoms with Gasteiger partial charge in [0.25, 0.3) is 0 Å². The number of nitrogens with two attached hydrogens (primary N) is 1. The summed E-state index contributed by atoms with van der Waals surface area (Å²) in [6.45, 7) is 1.78. The molecule has 2 N–H and O–H groups in total. The molecule has 0 aliphatic rings. The average molecular weight is 102 g/mol. The Labute approximate surface area is 43.1 Å². The Kier molecular flexibility index (Phi) is 2.37. The van der Waals surface area contributed by atoms with Crippen molar-refractivity contribution in [2.75, 3.05) is 13.7 Å². The summed E-state index contributed by atoms with van der Waals surface area (Å²) in [4.78, 5) is 11.7. The van der Waals surface area contributed by atoms with Gasteiger partial charge in [-0.3, -0.25) is 4.79 Å². The first kappa shape index (κ1) is 6.43. The highest BCUT2D eigenvalue weighted by Gasteiger charge is 1.93. The van der Waals surface area contributed by atoms with Gasteiger partial charge in [0, 0.05) is 14.0 Å². The molecular weight excluding hydrogens is 92.1 g/mol. The van der Waals surface area contributed by atoms with Crippen molar-refractivity contribution in [2.45, 2.75) is 6.92 Å². The van der Waals surface area contributed by atoms with E-state index in [1.54, 1.807) is 7.05 Å². The zero-order chi connectivity index (χ0) is 5.86. The van der Waals surface area contributed by atoms with Crippen LogP contribution in [0.3, 0.4) is 0 Å². The van der Waals surface area contributed by atoms with Crippen molar-refractivity contribution in [1.29, 1.82) is 0 Å². The first-order valence-corrected chi connectivity index (χ1v) is 2.10. The van der Waals surface area contributed by atoms with E-state index in [1.165, 1.54) is 11.8 Å². The molecule has 3 heteroatoms. The maximum atomic E-state index is 10.2. The lowest BCUT2D eigenvalue weighted by Gasteiger charge is -2.08. The van der Waals surface area contributed by atoms with Gasteiger partial charge in [0.15, 0.2) is 0 Å². The molecule has 0 atom stereocenters. The van der Waals surface area contributed by atoms with Crippen LogP contribution in [0.2, 0.25) is 0 Å². The number of nitrogens with zero attached hydrogens (tertiary/aromatic N) is 1. The second-order valence-corrected chi connectivity index (χ2v) is 1.40. The molecule has 3 nitrogen and oxygen atoms in total. The van der Waals surface area contributed by atoms with Gasteiger partial charge in [-0.25, -0.2) is 0 Å². The van der Waals surface area contributed by atoms with Crippen LogP contribution in [0.15, 0.2) is 0 Å². The van der Waals surface area contributed by atoms with Gasteiger partial charge in [-0.2, -0.15) is 0 Å². The first-order valence-electron chi connectivity index (χ1n) is 2.10. The van der Waals surface area contributed by atoms with E-state index < -0.39 is 0 Å². The van der Waals surface area contributed by atoms with Gasteiger partial charge in [-0.05, 0) is 0 Å². The number of carbonyl (C=O) groups is 1. The Morgan fingerprint density at radius 2 is 2.29 bits per heavy atom. The minimum atomic E-state index is 0.00231.